The summed E-state index contributed by atoms with van der Waals surface area (Å²) in [6.07, 6.45) is 5.80. The molecule has 1 aromatic carbocycles. The number of fused-ring (bicyclic) bond motifs is 1. The van der Waals surface area contributed by atoms with Crippen LogP contribution in [0.1, 0.15) is 61.4 Å². The molecule has 1 aromatic heterocycles. The summed E-state index contributed by atoms with van der Waals surface area (Å²) in [6, 6.07) is 9.75. The molecule has 160 valence electrons. The van der Waals surface area contributed by atoms with Gasteiger partial charge in [0, 0.05) is 44.8 Å². The lowest BCUT2D eigenvalue weighted by atomic mass is 9.76. The average molecular weight is 411 g/mol. The molecule has 1 saturated heterocycles. The number of para-hydroxylation sites is 1. The lowest BCUT2D eigenvalue weighted by molar-refractivity contribution is -0.122. The van der Waals surface area contributed by atoms with Crippen LogP contribution in [0.2, 0.25) is 0 Å². The monoisotopic (exact) mass is 410 g/mol. The molecule has 0 aliphatic carbocycles. The molecule has 2 amide bonds. The van der Waals surface area contributed by atoms with Crippen LogP contribution >= 0.6 is 0 Å². The zero-order valence-electron chi connectivity index (χ0n) is 17.7. The van der Waals surface area contributed by atoms with Crippen LogP contribution in [0, 0.1) is 5.92 Å². The summed E-state index contributed by atoms with van der Waals surface area (Å²) in [5, 5.41) is 3.05. The van der Waals surface area contributed by atoms with Gasteiger partial charge in [-0.05, 0) is 30.0 Å². The van der Waals surface area contributed by atoms with Crippen molar-refractivity contribution in [2.45, 2.75) is 51.0 Å². The van der Waals surface area contributed by atoms with Crippen LogP contribution in [0.4, 0.5) is 0 Å². The van der Waals surface area contributed by atoms with E-state index >= 15 is 0 Å². The molecule has 2 aliphatic rings. The van der Waals surface area contributed by atoms with Crippen LogP contribution in [-0.4, -0.2) is 41.9 Å². The summed E-state index contributed by atoms with van der Waals surface area (Å²) in [5.74, 6) is 1.52. The second kappa shape index (κ2) is 8.54. The van der Waals surface area contributed by atoms with Gasteiger partial charge in [0.05, 0.1) is 11.8 Å². The molecule has 1 fully saturated rings. The maximum Gasteiger partial charge on any atom is 0.257 e. The normalized spacial score (nSPS) is 20.0. The fraction of sp³-hybridized carbons (Fsp3) is 0.500. The number of carbonyl (C=O) groups excluding carboxylic acids is 2. The molecule has 30 heavy (non-hydrogen) atoms. The van der Waals surface area contributed by atoms with Crippen molar-refractivity contribution in [3.8, 4) is 5.75 Å². The summed E-state index contributed by atoms with van der Waals surface area (Å²) < 4.78 is 11.6. The lowest BCUT2D eigenvalue weighted by Crippen LogP contribution is -2.52. The molecule has 0 saturated carbocycles. The van der Waals surface area contributed by atoms with Gasteiger partial charge in [-0.3, -0.25) is 9.59 Å². The zero-order chi connectivity index (χ0) is 21.1. The maximum atomic E-state index is 12.6. The first-order chi connectivity index (χ1) is 14.5. The summed E-state index contributed by atoms with van der Waals surface area (Å²) in [7, 11) is 0. The third kappa shape index (κ3) is 4.37. The minimum atomic E-state index is -0.329. The number of nitrogens with one attached hydrogen (secondary N) is 1. The number of nitrogens with zero attached hydrogens (tertiary/aromatic N) is 1. The lowest BCUT2D eigenvalue weighted by Gasteiger charge is -2.46. The number of furan rings is 1. The van der Waals surface area contributed by atoms with E-state index in [4.69, 9.17) is 9.15 Å². The zero-order valence-corrected chi connectivity index (χ0v) is 17.7. The van der Waals surface area contributed by atoms with E-state index in [9.17, 15) is 9.59 Å². The quantitative estimate of drug-likeness (QED) is 0.809. The highest BCUT2D eigenvalue weighted by molar-refractivity contribution is 5.93. The molecule has 3 heterocycles. The fourth-order valence-corrected chi connectivity index (χ4v) is 4.53. The average Bonchev–Trinajstić information content (AvgIpc) is 3.27. The number of benzene rings is 1. The Labute approximate surface area is 177 Å². The molecule has 1 spiro atoms. The van der Waals surface area contributed by atoms with Crippen LogP contribution in [0.5, 0.6) is 5.75 Å². The largest absolute Gasteiger partial charge is 0.487 e. The number of ether oxygens (including phenoxy) is 1. The van der Waals surface area contributed by atoms with Crippen LogP contribution in [0.15, 0.2) is 47.3 Å². The van der Waals surface area contributed by atoms with E-state index in [1.54, 1.807) is 6.07 Å². The Balaban J connectivity index is 1.46. The summed E-state index contributed by atoms with van der Waals surface area (Å²) >= 11 is 0. The summed E-state index contributed by atoms with van der Waals surface area (Å²) in [5.41, 5.74) is 1.37. The predicted octanol–water partition coefficient (Wildman–Crippen LogP) is 3.98. The highest BCUT2D eigenvalue weighted by Crippen LogP contribution is 2.46. The second-order valence-electron chi connectivity index (χ2n) is 8.93. The highest BCUT2D eigenvalue weighted by Gasteiger charge is 2.44. The third-order valence-corrected chi connectivity index (χ3v) is 6.17. The van der Waals surface area contributed by atoms with Gasteiger partial charge in [-0.2, -0.15) is 0 Å². The van der Waals surface area contributed by atoms with Crippen molar-refractivity contribution in [3.63, 3.8) is 0 Å². The summed E-state index contributed by atoms with van der Waals surface area (Å²) in [4.78, 5) is 27.1. The Kier molecular flexibility index (Phi) is 5.84. The van der Waals surface area contributed by atoms with Crippen molar-refractivity contribution in [1.82, 2.24) is 10.2 Å². The molecule has 4 rings (SSSR count). The van der Waals surface area contributed by atoms with Crippen molar-refractivity contribution in [1.29, 1.82) is 0 Å². The number of carbonyl (C=O) groups is 2. The summed E-state index contributed by atoms with van der Waals surface area (Å²) in [6.45, 7) is 6.16. The van der Waals surface area contributed by atoms with E-state index in [1.807, 2.05) is 23.1 Å². The highest BCUT2D eigenvalue weighted by atomic mass is 16.5. The first-order valence-corrected chi connectivity index (χ1v) is 10.8. The Morgan fingerprint density at radius 2 is 1.97 bits per heavy atom. The first kappa shape index (κ1) is 20.5. The number of piperidine rings is 1. The second-order valence-corrected chi connectivity index (χ2v) is 8.93. The van der Waals surface area contributed by atoms with E-state index in [1.165, 1.54) is 12.5 Å². The smallest absolute Gasteiger partial charge is 0.257 e. The molecular formula is C24H30N2O4. The Hall–Kier alpha value is -2.76. The van der Waals surface area contributed by atoms with Gasteiger partial charge < -0.3 is 19.4 Å². The van der Waals surface area contributed by atoms with Gasteiger partial charge in [-0.25, -0.2) is 0 Å². The van der Waals surface area contributed by atoms with Crippen molar-refractivity contribution in [2.24, 2.45) is 5.92 Å². The molecule has 0 radical (unpaired) electrons. The molecule has 0 bridgehead atoms. The van der Waals surface area contributed by atoms with E-state index in [0.29, 0.717) is 37.5 Å². The van der Waals surface area contributed by atoms with Crippen molar-refractivity contribution >= 4 is 11.8 Å². The molecular weight excluding hydrogens is 380 g/mol. The van der Waals surface area contributed by atoms with Gasteiger partial charge in [0.1, 0.15) is 17.6 Å². The molecule has 6 nitrogen and oxygen atoms in total. The number of rotatable bonds is 5. The van der Waals surface area contributed by atoms with Crippen LogP contribution in [-0.2, 0) is 4.79 Å². The van der Waals surface area contributed by atoms with Gasteiger partial charge in [-0.15, -0.1) is 0 Å². The van der Waals surface area contributed by atoms with Gasteiger partial charge in [0.15, 0.2) is 0 Å². The van der Waals surface area contributed by atoms with Gasteiger partial charge in [-0.1, -0.05) is 32.0 Å². The molecule has 1 N–H and O–H groups in total. The van der Waals surface area contributed by atoms with Gasteiger partial charge in [0.2, 0.25) is 5.91 Å². The maximum absolute atomic E-state index is 12.6. The van der Waals surface area contributed by atoms with E-state index in [-0.39, 0.29) is 23.3 Å². The van der Waals surface area contributed by atoms with Crippen LogP contribution < -0.4 is 10.1 Å². The van der Waals surface area contributed by atoms with Gasteiger partial charge in [0.25, 0.3) is 5.91 Å². The molecule has 2 aliphatic heterocycles. The molecule has 6 heteroatoms. The minimum Gasteiger partial charge on any atom is -0.487 e. The molecule has 1 atom stereocenters. The van der Waals surface area contributed by atoms with E-state index < -0.39 is 0 Å². The van der Waals surface area contributed by atoms with E-state index in [0.717, 1.165) is 30.6 Å². The Bertz CT molecular complexity index is 882. The minimum absolute atomic E-state index is 0.000534. The van der Waals surface area contributed by atoms with Crippen LogP contribution in [0.25, 0.3) is 0 Å². The predicted molar refractivity (Wildman–Crippen MR) is 113 cm³/mol. The standard InChI is InChI=1S/C24H30N2O4/c1-17(2)15-25-22(27)13-19-14-24(30-21-6-4-3-5-20(19)21)8-10-26(11-9-24)23(28)18-7-12-29-16-18/h3-7,12,16-17,19H,8-11,13-15H2,1-2H3,(H,25,27)/t19-/m0/s1. The number of likely N-dealkylation sites (tertiary alicyclic amines) is 1. The number of hydrogen-bond donors (Lipinski definition) is 1. The third-order valence-electron chi connectivity index (χ3n) is 6.17. The Morgan fingerprint density at radius 3 is 2.67 bits per heavy atom. The fourth-order valence-electron chi connectivity index (χ4n) is 4.53. The SMILES string of the molecule is CC(C)CNC(=O)C[C@H]1CC2(CCN(C(=O)c3ccoc3)CC2)Oc2ccccc21. The first-order valence-electron chi connectivity index (χ1n) is 10.8. The molecule has 2 aromatic rings. The number of hydrogen-bond acceptors (Lipinski definition) is 4. The van der Waals surface area contributed by atoms with Crippen LogP contribution in [0.3, 0.4) is 0 Å². The van der Waals surface area contributed by atoms with Gasteiger partial charge >= 0.3 is 0 Å². The topological polar surface area (TPSA) is 71.8 Å². The van der Waals surface area contributed by atoms with Crippen molar-refractivity contribution < 1.29 is 18.7 Å². The number of amides is 2. The van der Waals surface area contributed by atoms with Crippen molar-refractivity contribution in [2.75, 3.05) is 19.6 Å². The molecule has 0 unspecified atom stereocenters. The van der Waals surface area contributed by atoms with Crippen molar-refractivity contribution in [3.05, 3.63) is 54.0 Å². The Morgan fingerprint density at radius 1 is 1.20 bits per heavy atom. The van der Waals surface area contributed by atoms with E-state index in [2.05, 4.69) is 25.2 Å².